The van der Waals surface area contributed by atoms with Crippen LogP contribution in [0.1, 0.15) is 22.1 Å². The third-order valence-electron chi connectivity index (χ3n) is 5.00. The zero-order valence-corrected chi connectivity index (χ0v) is 21.0. The number of thiophene rings is 1. The van der Waals surface area contributed by atoms with Crippen LogP contribution in [0, 0.1) is 6.92 Å². The highest BCUT2D eigenvalue weighted by Gasteiger charge is 2.25. The minimum atomic E-state index is -0.00808. The van der Waals surface area contributed by atoms with E-state index in [9.17, 15) is 4.79 Å². The largest absolute Gasteiger partial charge is 0.370 e. The summed E-state index contributed by atoms with van der Waals surface area (Å²) in [5.41, 5.74) is 2.44. The van der Waals surface area contributed by atoms with Crippen LogP contribution in [0.15, 0.2) is 46.8 Å². The van der Waals surface area contributed by atoms with E-state index in [0.717, 1.165) is 25.5 Å². The first kappa shape index (κ1) is 24.6. The maximum Gasteiger partial charge on any atom is 0.243 e. The number of carbonyl (C=O) groups is 1. The van der Waals surface area contributed by atoms with Crippen molar-refractivity contribution < 1.29 is 9.53 Å². The summed E-state index contributed by atoms with van der Waals surface area (Å²) in [5.74, 6) is 0.768. The molecular formula is C22H31IN4O2S. The Morgan fingerprint density at radius 1 is 1.30 bits per heavy atom. The van der Waals surface area contributed by atoms with Gasteiger partial charge in [0.2, 0.25) is 5.91 Å². The van der Waals surface area contributed by atoms with Crippen molar-refractivity contribution in [2.75, 3.05) is 46.9 Å². The van der Waals surface area contributed by atoms with Gasteiger partial charge in [0, 0.05) is 32.1 Å². The van der Waals surface area contributed by atoms with Gasteiger partial charge in [-0.25, -0.2) is 4.99 Å². The summed E-state index contributed by atoms with van der Waals surface area (Å²) in [6.45, 7) is 5.13. The average Bonchev–Trinajstić information content (AvgIpc) is 3.24. The number of likely N-dealkylation sites (N-methyl/N-ethyl adjacent to an activating group) is 1. The summed E-state index contributed by atoms with van der Waals surface area (Å²) < 4.78 is 6.05. The second-order valence-corrected chi connectivity index (χ2v) is 8.38. The zero-order chi connectivity index (χ0) is 20.6. The number of benzene rings is 1. The third kappa shape index (κ3) is 6.95. The first-order chi connectivity index (χ1) is 14.0. The summed E-state index contributed by atoms with van der Waals surface area (Å²) in [6.07, 6.45) is 0.933. The van der Waals surface area contributed by atoms with Crippen molar-refractivity contribution in [3.8, 4) is 0 Å². The first-order valence-corrected chi connectivity index (χ1v) is 10.9. The standard InChI is InChI=1S/C22H30N4O2S.HI/c1-17-7-4-5-9-19(17)20-16-26(12-13-28-20)22(24-15-21(27)25(2)3)23-11-10-18-8-6-14-29-18;/h4-9,14,20H,10-13,15-16H2,1-3H3,(H,23,24);1H. The van der Waals surface area contributed by atoms with E-state index >= 15 is 0 Å². The van der Waals surface area contributed by atoms with Crippen molar-refractivity contribution in [2.45, 2.75) is 19.4 Å². The Kier molecular flexibility index (Phi) is 10.1. The number of morpholine rings is 1. The van der Waals surface area contributed by atoms with E-state index in [1.807, 2.05) is 6.07 Å². The number of nitrogens with zero attached hydrogens (tertiary/aromatic N) is 3. The van der Waals surface area contributed by atoms with Crippen LogP contribution in [-0.2, 0) is 16.0 Å². The fraction of sp³-hybridized carbons (Fsp3) is 0.455. The minimum Gasteiger partial charge on any atom is -0.370 e. The predicted octanol–water partition coefficient (Wildman–Crippen LogP) is 3.32. The Bertz CT molecular complexity index is 826. The minimum absolute atomic E-state index is 0. The monoisotopic (exact) mass is 542 g/mol. The number of nitrogens with one attached hydrogen (secondary N) is 1. The Balaban J connectivity index is 0.00000320. The molecule has 1 aromatic heterocycles. The Morgan fingerprint density at radius 3 is 2.80 bits per heavy atom. The summed E-state index contributed by atoms with van der Waals surface area (Å²) in [6, 6.07) is 12.5. The summed E-state index contributed by atoms with van der Waals surface area (Å²) in [7, 11) is 3.51. The lowest BCUT2D eigenvalue weighted by Crippen LogP contribution is -2.49. The molecule has 0 spiro atoms. The number of amides is 1. The predicted molar refractivity (Wildman–Crippen MR) is 134 cm³/mol. The molecule has 30 heavy (non-hydrogen) atoms. The zero-order valence-electron chi connectivity index (χ0n) is 17.8. The van der Waals surface area contributed by atoms with Gasteiger partial charge in [-0.05, 0) is 35.9 Å². The molecule has 1 N–H and O–H groups in total. The molecule has 0 bridgehead atoms. The maximum atomic E-state index is 12.1. The van der Waals surface area contributed by atoms with Crippen LogP contribution in [0.3, 0.4) is 0 Å². The number of ether oxygens (including phenoxy) is 1. The number of aryl methyl sites for hydroxylation is 1. The van der Waals surface area contributed by atoms with Gasteiger partial charge in [-0.2, -0.15) is 0 Å². The van der Waals surface area contributed by atoms with E-state index < -0.39 is 0 Å². The lowest BCUT2D eigenvalue weighted by atomic mass is 10.0. The van der Waals surface area contributed by atoms with Gasteiger partial charge in [-0.1, -0.05) is 30.3 Å². The highest BCUT2D eigenvalue weighted by molar-refractivity contribution is 14.0. The van der Waals surface area contributed by atoms with E-state index in [1.54, 1.807) is 30.3 Å². The molecule has 164 valence electrons. The number of halogens is 1. The van der Waals surface area contributed by atoms with Crippen LogP contribution in [0.2, 0.25) is 0 Å². The average molecular weight is 542 g/mol. The van der Waals surface area contributed by atoms with Gasteiger partial charge in [-0.3, -0.25) is 4.79 Å². The molecule has 1 aromatic carbocycles. The van der Waals surface area contributed by atoms with Gasteiger partial charge in [-0.15, -0.1) is 35.3 Å². The topological polar surface area (TPSA) is 57.2 Å². The van der Waals surface area contributed by atoms with E-state index in [1.165, 1.54) is 16.0 Å². The molecule has 6 nitrogen and oxygen atoms in total. The normalized spacial score (nSPS) is 16.7. The molecule has 0 radical (unpaired) electrons. The number of guanidine groups is 1. The van der Waals surface area contributed by atoms with Crippen molar-refractivity contribution in [1.29, 1.82) is 0 Å². The highest BCUT2D eigenvalue weighted by Crippen LogP contribution is 2.25. The molecule has 1 unspecified atom stereocenters. The van der Waals surface area contributed by atoms with Gasteiger partial charge < -0.3 is 19.9 Å². The molecule has 1 amide bonds. The van der Waals surface area contributed by atoms with Crippen molar-refractivity contribution in [3.05, 3.63) is 57.8 Å². The molecule has 0 saturated carbocycles. The fourth-order valence-electron chi connectivity index (χ4n) is 3.28. The van der Waals surface area contributed by atoms with Gasteiger partial charge in [0.1, 0.15) is 12.6 Å². The number of aliphatic imine (C=N–C) groups is 1. The van der Waals surface area contributed by atoms with E-state index in [0.29, 0.717) is 13.2 Å². The smallest absolute Gasteiger partial charge is 0.243 e. The molecule has 1 saturated heterocycles. The third-order valence-corrected chi connectivity index (χ3v) is 5.94. The molecule has 3 rings (SSSR count). The van der Waals surface area contributed by atoms with Crippen molar-refractivity contribution >= 4 is 47.2 Å². The van der Waals surface area contributed by atoms with Crippen LogP contribution < -0.4 is 5.32 Å². The lowest BCUT2D eigenvalue weighted by molar-refractivity contribution is -0.127. The van der Waals surface area contributed by atoms with Gasteiger partial charge in [0.25, 0.3) is 0 Å². The second kappa shape index (κ2) is 12.3. The van der Waals surface area contributed by atoms with Gasteiger partial charge in [0.05, 0.1) is 13.2 Å². The summed E-state index contributed by atoms with van der Waals surface area (Å²) in [5, 5.41) is 5.56. The van der Waals surface area contributed by atoms with Crippen molar-refractivity contribution in [3.63, 3.8) is 0 Å². The molecule has 0 aliphatic carbocycles. The van der Waals surface area contributed by atoms with Crippen LogP contribution >= 0.6 is 35.3 Å². The van der Waals surface area contributed by atoms with E-state index in [2.05, 4.69) is 57.8 Å². The SMILES string of the molecule is Cc1ccccc1C1CN(C(=NCC(=O)N(C)C)NCCc2cccs2)CCO1.I. The van der Waals surface area contributed by atoms with E-state index in [-0.39, 0.29) is 42.5 Å². The van der Waals surface area contributed by atoms with E-state index in [4.69, 9.17) is 4.74 Å². The molecule has 2 heterocycles. The molecule has 2 aromatic rings. The number of carbonyl (C=O) groups excluding carboxylic acids is 1. The molecule has 8 heteroatoms. The molecule has 1 aliphatic rings. The summed E-state index contributed by atoms with van der Waals surface area (Å²) in [4.78, 5) is 21.8. The summed E-state index contributed by atoms with van der Waals surface area (Å²) >= 11 is 1.76. The fourth-order valence-corrected chi connectivity index (χ4v) is 3.99. The Labute approximate surface area is 200 Å². The number of rotatable bonds is 6. The number of hydrogen-bond donors (Lipinski definition) is 1. The van der Waals surface area contributed by atoms with Crippen LogP contribution in [0.25, 0.3) is 0 Å². The van der Waals surface area contributed by atoms with Crippen LogP contribution in [0.5, 0.6) is 0 Å². The highest BCUT2D eigenvalue weighted by atomic mass is 127. The first-order valence-electron chi connectivity index (χ1n) is 9.97. The second-order valence-electron chi connectivity index (χ2n) is 7.35. The number of hydrogen-bond acceptors (Lipinski definition) is 4. The van der Waals surface area contributed by atoms with Crippen LogP contribution in [0.4, 0.5) is 0 Å². The molecule has 1 aliphatic heterocycles. The lowest BCUT2D eigenvalue weighted by Gasteiger charge is -2.36. The van der Waals surface area contributed by atoms with Crippen molar-refractivity contribution in [2.24, 2.45) is 4.99 Å². The quantitative estimate of drug-likeness (QED) is 0.346. The molecule has 1 fully saturated rings. The van der Waals surface area contributed by atoms with Crippen molar-refractivity contribution in [1.82, 2.24) is 15.1 Å². The van der Waals surface area contributed by atoms with Gasteiger partial charge >= 0.3 is 0 Å². The van der Waals surface area contributed by atoms with Gasteiger partial charge in [0.15, 0.2) is 5.96 Å². The van der Waals surface area contributed by atoms with Crippen LogP contribution in [-0.4, -0.2) is 68.5 Å². The Hall–Kier alpha value is -1.65. The molecule has 1 atom stereocenters. The Morgan fingerprint density at radius 2 is 2.10 bits per heavy atom. The molecular weight excluding hydrogens is 511 g/mol. The maximum absolute atomic E-state index is 12.1.